The van der Waals surface area contributed by atoms with Gasteiger partial charge in [-0.25, -0.2) is 0 Å². The Labute approximate surface area is 110 Å². The highest BCUT2D eigenvalue weighted by molar-refractivity contribution is 4.97. The van der Waals surface area contributed by atoms with E-state index in [9.17, 15) is 0 Å². The summed E-state index contributed by atoms with van der Waals surface area (Å²) in [5.74, 6) is 2.26. The highest BCUT2D eigenvalue weighted by atomic mass is 16.5. The molecule has 0 aliphatic heterocycles. The second kappa shape index (κ2) is 6.88. The van der Waals surface area contributed by atoms with Gasteiger partial charge in [0.25, 0.3) is 0 Å². The molecule has 1 aromatic heterocycles. The molecule has 4 nitrogen and oxygen atoms in total. The fraction of sp³-hybridized carbons (Fsp3) is 0.857. The molecule has 102 valence electrons. The summed E-state index contributed by atoms with van der Waals surface area (Å²) < 4.78 is 5.39. The summed E-state index contributed by atoms with van der Waals surface area (Å²) in [6.07, 6.45) is 9.71. The quantitative estimate of drug-likeness (QED) is 0.817. The summed E-state index contributed by atoms with van der Waals surface area (Å²) in [7, 11) is 1.98. The lowest BCUT2D eigenvalue weighted by molar-refractivity contribution is 0.350. The van der Waals surface area contributed by atoms with Crippen LogP contribution in [-0.4, -0.2) is 23.2 Å². The average molecular weight is 251 g/mol. The van der Waals surface area contributed by atoms with Crippen molar-refractivity contribution in [3.8, 4) is 0 Å². The van der Waals surface area contributed by atoms with Gasteiger partial charge in [-0.15, -0.1) is 0 Å². The molecule has 1 aliphatic carbocycles. The molecule has 1 aliphatic rings. The maximum Gasteiger partial charge on any atom is 0.228 e. The molecular formula is C14H25N3O. The lowest BCUT2D eigenvalue weighted by Crippen LogP contribution is -2.26. The molecule has 4 heteroatoms. The van der Waals surface area contributed by atoms with Crippen LogP contribution in [0, 0.1) is 0 Å². The number of rotatable bonds is 5. The van der Waals surface area contributed by atoms with Crippen LogP contribution in [0.4, 0.5) is 0 Å². The van der Waals surface area contributed by atoms with Crippen molar-refractivity contribution in [1.82, 2.24) is 15.5 Å². The van der Waals surface area contributed by atoms with E-state index in [0.29, 0.717) is 12.0 Å². The van der Waals surface area contributed by atoms with Crippen LogP contribution >= 0.6 is 0 Å². The van der Waals surface area contributed by atoms with E-state index < -0.39 is 0 Å². The number of hydrogen-bond acceptors (Lipinski definition) is 4. The monoisotopic (exact) mass is 251 g/mol. The zero-order valence-electron chi connectivity index (χ0n) is 11.6. The first-order valence-electron chi connectivity index (χ1n) is 7.33. The van der Waals surface area contributed by atoms with Crippen molar-refractivity contribution in [3.05, 3.63) is 11.7 Å². The first-order valence-corrected chi connectivity index (χ1v) is 7.33. The molecule has 1 heterocycles. The van der Waals surface area contributed by atoms with Gasteiger partial charge in [0.2, 0.25) is 5.89 Å². The van der Waals surface area contributed by atoms with E-state index in [2.05, 4.69) is 22.4 Å². The second-order valence-corrected chi connectivity index (χ2v) is 5.33. The van der Waals surface area contributed by atoms with Crippen LogP contribution in [0.3, 0.4) is 0 Å². The van der Waals surface area contributed by atoms with E-state index in [1.54, 1.807) is 0 Å². The first-order chi connectivity index (χ1) is 8.83. The number of likely N-dealkylation sites (N-methyl/N-ethyl adjacent to an activating group) is 1. The summed E-state index contributed by atoms with van der Waals surface area (Å²) in [5, 5.41) is 7.46. The average Bonchev–Trinajstić information content (AvgIpc) is 2.69. The zero-order valence-corrected chi connectivity index (χ0v) is 11.6. The van der Waals surface area contributed by atoms with E-state index in [1.165, 1.54) is 38.5 Å². The zero-order chi connectivity index (χ0) is 12.8. The summed E-state index contributed by atoms with van der Waals surface area (Å²) in [4.78, 5) is 4.59. The normalized spacial score (nSPS) is 19.7. The predicted octanol–water partition coefficient (Wildman–Crippen LogP) is 3.05. The Hall–Kier alpha value is -0.900. The van der Waals surface area contributed by atoms with E-state index in [0.717, 1.165) is 24.6 Å². The third kappa shape index (κ3) is 3.55. The molecule has 1 aromatic rings. The summed E-state index contributed by atoms with van der Waals surface area (Å²) in [5.41, 5.74) is 0. The Morgan fingerprint density at radius 1 is 1.28 bits per heavy atom. The minimum atomic E-state index is 0.437. The molecule has 0 spiro atoms. The van der Waals surface area contributed by atoms with E-state index >= 15 is 0 Å². The van der Waals surface area contributed by atoms with Crippen molar-refractivity contribution in [2.45, 2.75) is 70.3 Å². The third-order valence-corrected chi connectivity index (χ3v) is 4.03. The van der Waals surface area contributed by atoms with Gasteiger partial charge in [0.15, 0.2) is 5.82 Å². The lowest BCUT2D eigenvalue weighted by atomic mass is 10.00. The molecule has 18 heavy (non-hydrogen) atoms. The molecule has 1 unspecified atom stereocenters. The Kier molecular flexibility index (Phi) is 5.17. The number of nitrogens with zero attached hydrogens (tertiary/aromatic N) is 2. The van der Waals surface area contributed by atoms with Crippen LogP contribution in [0.1, 0.15) is 69.5 Å². The molecule has 0 bridgehead atoms. The smallest absolute Gasteiger partial charge is 0.228 e. The molecular weight excluding hydrogens is 226 g/mol. The Bertz CT molecular complexity index is 339. The number of hydrogen-bond donors (Lipinski definition) is 1. The van der Waals surface area contributed by atoms with Gasteiger partial charge >= 0.3 is 0 Å². The van der Waals surface area contributed by atoms with Crippen LogP contribution < -0.4 is 5.32 Å². The third-order valence-electron chi connectivity index (χ3n) is 4.03. The standard InChI is InChI=1S/C14H25N3O/c1-3-12(15-2)10-13-16-14(17-18-13)11-8-6-4-5-7-9-11/h11-12,15H,3-10H2,1-2H3. The van der Waals surface area contributed by atoms with Crippen LogP contribution in [-0.2, 0) is 6.42 Å². The van der Waals surface area contributed by atoms with Gasteiger partial charge in [-0.3, -0.25) is 0 Å². The lowest BCUT2D eigenvalue weighted by Gasteiger charge is -2.10. The molecule has 0 aromatic carbocycles. The van der Waals surface area contributed by atoms with E-state index in [4.69, 9.17) is 4.52 Å². The molecule has 1 fully saturated rings. The fourth-order valence-electron chi connectivity index (χ4n) is 2.72. The van der Waals surface area contributed by atoms with Gasteiger partial charge in [-0.2, -0.15) is 4.98 Å². The largest absolute Gasteiger partial charge is 0.339 e. The van der Waals surface area contributed by atoms with Crippen LogP contribution in [0.25, 0.3) is 0 Å². The van der Waals surface area contributed by atoms with Gasteiger partial charge in [0, 0.05) is 18.4 Å². The van der Waals surface area contributed by atoms with Crippen molar-refractivity contribution in [2.24, 2.45) is 0 Å². The second-order valence-electron chi connectivity index (χ2n) is 5.33. The van der Waals surface area contributed by atoms with Crippen LogP contribution in [0.2, 0.25) is 0 Å². The molecule has 0 saturated heterocycles. The molecule has 1 saturated carbocycles. The predicted molar refractivity (Wildman–Crippen MR) is 71.6 cm³/mol. The minimum Gasteiger partial charge on any atom is -0.339 e. The molecule has 2 rings (SSSR count). The topological polar surface area (TPSA) is 51.0 Å². The Morgan fingerprint density at radius 3 is 2.61 bits per heavy atom. The van der Waals surface area contributed by atoms with E-state index in [-0.39, 0.29) is 0 Å². The van der Waals surface area contributed by atoms with Crippen molar-refractivity contribution in [1.29, 1.82) is 0 Å². The maximum atomic E-state index is 5.39. The Balaban J connectivity index is 1.96. The molecule has 1 atom stereocenters. The number of aromatic nitrogens is 2. The molecule has 0 radical (unpaired) electrons. The Morgan fingerprint density at radius 2 is 2.00 bits per heavy atom. The summed E-state index contributed by atoms with van der Waals surface area (Å²) >= 11 is 0. The molecule has 0 amide bonds. The van der Waals surface area contributed by atoms with Gasteiger partial charge in [-0.1, -0.05) is 37.8 Å². The SMILES string of the molecule is CCC(Cc1nc(C2CCCCCC2)no1)NC. The summed E-state index contributed by atoms with van der Waals surface area (Å²) in [6.45, 7) is 2.17. The van der Waals surface area contributed by atoms with Crippen molar-refractivity contribution in [3.63, 3.8) is 0 Å². The van der Waals surface area contributed by atoms with E-state index in [1.807, 2.05) is 7.05 Å². The van der Waals surface area contributed by atoms with Crippen molar-refractivity contribution >= 4 is 0 Å². The minimum absolute atomic E-state index is 0.437. The van der Waals surface area contributed by atoms with Gasteiger partial charge < -0.3 is 9.84 Å². The van der Waals surface area contributed by atoms with Gasteiger partial charge in [-0.05, 0) is 26.3 Å². The maximum absolute atomic E-state index is 5.39. The highest BCUT2D eigenvalue weighted by Crippen LogP contribution is 2.29. The van der Waals surface area contributed by atoms with Crippen LogP contribution in [0.5, 0.6) is 0 Å². The van der Waals surface area contributed by atoms with Gasteiger partial charge in [0.1, 0.15) is 0 Å². The van der Waals surface area contributed by atoms with Gasteiger partial charge in [0.05, 0.1) is 0 Å². The van der Waals surface area contributed by atoms with Crippen molar-refractivity contribution < 1.29 is 4.52 Å². The van der Waals surface area contributed by atoms with Crippen molar-refractivity contribution in [2.75, 3.05) is 7.05 Å². The summed E-state index contributed by atoms with van der Waals surface area (Å²) in [6, 6.07) is 0.437. The first kappa shape index (κ1) is 13.5. The number of nitrogens with one attached hydrogen (secondary N) is 1. The van der Waals surface area contributed by atoms with Crippen LogP contribution in [0.15, 0.2) is 4.52 Å². The fourth-order valence-corrected chi connectivity index (χ4v) is 2.72. The molecule has 1 N–H and O–H groups in total. The highest BCUT2D eigenvalue weighted by Gasteiger charge is 2.20.